The number of aromatic nitrogens is 3. The Labute approximate surface area is 140 Å². The van der Waals surface area contributed by atoms with E-state index in [1.54, 1.807) is 12.1 Å². The van der Waals surface area contributed by atoms with Crippen molar-refractivity contribution in [3.63, 3.8) is 0 Å². The van der Waals surface area contributed by atoms with E-state index in [-0.39, 0.29) is 11.8 Å². The van der Waals surface area contributed by atoms with Crippen LogP contribution in [-0.4, -0.2) is 19.9 Å². The second-order valence-electron chi connectivity index (χ2n) is 5.57. The van der Waals surface area contributed by atoms with Crippen molar-refractivity contribution in [1.82, 2.24) is 14.8 Å². The molecule has 0 aliphatic carbocycles. The number of aryl methyl sites for hydroxylation is 2. The first kappa shape index (κ1) is 15.5. The number of nitrogens with zero attached hydrogens (tertiary/aromatic N) is 2. The minimum absolute atomic E-state index is 0.136. The average Bonchev–Trinajstić information content (AvgIpc) is 2.95. The quantitative estimate of drug-likeness (QED) is 0.696. The van der Waals surface area contributed by atoms with E-state index in [0.29, 0.717) is 4.77 Å². The van der Waals surface area contributed by atoms with Crippen LogP contribution in [0.3, 0.4) is 0 Å². The first-order valence-electron chi connectivity index (χ1n) is 7.64. The summed E-state index contributed by atoms with van der Waals surface area (Å²) in [5, 5.41) is 16.7. The Bertz CT molecular complexity index is 821. The van der Waals surface area contributed by atoms with Crippen LogP contribution in [-0.2, 0) is 12.8 Å². The molecule has 0 bridgehead atoms. The SMILES string of the molecule is C[C@@H](c1ccccc1)n1c(CCc2ccc(O)cc2)n[nH]c1=S. The highest BCUT2D eigenvalue weighted by molar-refractivity contribution is 7.71. The number of phenols is 1. The number of phenolic OH excluding ortho intramolecular Hbond substituents is 1. The molecular formula is C18H19N3OS. The van der Waals surface area contributed by atoms with E-state index in [1.807, 2.05) is 30.3 Å². The number of benzene rings is 2. The van der Waals surface area contributed by atoms with Gasteiger partial charge in [0.1, 0.15) is 11.6 Å². The van der Waals surface area contributed by atoms with E-state index in [9.17, 15) is 5.11 Å². The lowest BCUT2D eigenvalue weighted by atomic mass is 10.1. The predicted molar refractivity (Wildman–Crippen MR) is 93.2 cm³/mol. The number of aromatic amines is 1. The summed E-state index contributed by atoms with van der Waals surface area (Å²) in [6.07, 6.45) is 1.64. The zero-order chi connectivity index (χ0) is 16.2. The van der Waals surface area contributed by atoms with Crippen LogP contribution in [0, 0.1) is 4.77 Å². The lowest BCUT2D eigenvalue weighted by Gasteiger charge is -2.16. The molecule has 23 heavy (non-hydrogen) atoms. The minimum Gasteiger partial charge on any atom is -0.508 e. The van der Waals surface area contributed by atoms with Crippen molar-refractivity contribution in [2.24, 2.45) is 0 Å². The maximum atomic E-state index is 9.35. The van der Waals surface area contributed by atoms with Crippen LogP contribution in [0.25, 0.3) is 0 Å². The summed E-state index contributed by atoms with van der Waals surface area (Å²) in [5.41, 5.74) is 2.37. The van der Waals surface area contributed by atoms with Gasteiger partial charge in [-0.1, -0.05) is 42.5 Å². The van der Waals surface area contributed by atoms with Gasteiger partial charge in [-0.15, -0.1) is 0 Å². The first-order valence-corrected chi connectivity index (χ1v) is 8.04. The van der Waals surface area contributed by atoms with Crippen molar-refractivity contribution in [2.45, 2.75) is 25.8 Å². The molecular weight excluding hydrogens is 306 g/mol. The zero-order valence-corrected chi connectivity index (χ0v) is 13.8. The summed E-state index contributed by atoms with van der Waals surface area (Å²) >= 11 is 5.41. The van der Waals surface area contributed by atoms with Crippen LogP contribution in [0.5, 0.6) is 5.75 Å². The van der Waals surface area contributed by atoms with Gasteiger partial charge in [0, 0.05) is 6.42 Å². The summed E-state index contributed by atoms with van der Waals surface area (Å²) < 4.78 is 2.72. The molecule has 2 aromatic carbocycles. The molecule has 118 valence electrons. The third-order valence-electron chi connectivity index (χ3n) is 4.02. The van der Waals surface area contributed by atoms with Gasteiger partial charge in [0.15, 0.2) is 4.77 Å². The summed E-state index contributed by atoms with van der Waals surface area (Å²) in [6, 6.07) is 17.7. The fourth-order valence-electron chi connectivity index (χ4n) is 2.71. The van der Waals surface area contributed by atoms with Gasteiger partial charge in [0.2, 0.25) is 0 Å². The Morgan fingerprint density at radius 2 is 1.78 bits per heavy atom. The standard InChI is InChI=1S/C18H19N3OS/c1-13(15-5-3-2-4-6-15)21-17(19-20-18(21)23)12-9-14-7-10-16(22)11-8-14/h2-8,10-11,13,22H,9,12H2,1H3,(H,20,23)/t13-/m0/s1. The fraction of sp³-hybridized carbons (Fsp3) is 0.222. The summed E-state index contributed by atoms with van der Waals surface area (Å²) in [6.45, 7) is 2.13. The van der Waals surface area contributed by atoms with Crippen LogP contribution >= 0.6 is 12.2 Å². The Kier molecular flexibility index (Phi) is 4.57. The third-order valence-corrected chi connectivity index (χ3v) is 4.31. The van der Waals surface area contributed by atoms with Gasteiger partial charge >= 0.3 is 0 Å². The van der Waals surface area contributed by atoms with Crippen molar-refractivity contribution < 1.29 is 5.11 Å². The van der Waals surface area contributed by atoms with Crippen LogP contribution in [0.2, 0.25) is 0 Å². The number of nitrogens with one attached hydrogen (secondary N) is 1. The van der Waals surface area contributed by atoms with Gasteiger partial charge in [-0.05, 0) is 48.8 Å². The molecule has 0 saturated carbocycles. The minimum atomic E-state index is 0.136. The Morgan fingerprint density at radius 3 is 2.48 bits per heavy atom. The van der Waals surface area contributed by atoms with E-state index in [2.05, 4.69) is 33.8 Å². The summed E-state index contributed by atoms with van der Waals surface area (Å²) in [5.74, 6) is 1.23. The molecule has 0 spiro atoms. The van der Waals surface area contributed by atoms with Gasteiger partial charge in [0.25, 0.3) is 0 Å². The molecule has 0 fully saturated rings. The smallest absolute Gasteiger partial charge is 0.195 e. The number of H-pyrrole nitrogens is 1. The van der Waals surface area contributed by atoms with Gasteiger partial charge in [-0.2, -0.15) is 5.10 Å². The molecule has 0 aliphatic rings. The van der Waals surface area contributed by atoms with Crippen molar-refractivity contribution in [2.75, 3.05) is 0 Å². The average molecular weight is 325 g/mol. The monoisotopic (exact) mass is 325 g/mol. The summed E-state index contributed by atoms with van der Waals surface area (Å²) in [7, 11) is 0. The highest BCUT2D eigenvalue weighted by Gasteiger charge is 2.14. The largest absolute Gasteiger partial charge is 0.508 e. The van der Waals surface area contributed by atoms with E-state index >= 15 is 0 Å². The molecule has 2 N–H and O–H groups in total. The van der Waals surface area contributed by atoms with Crippen molar-refractivity contribution in [3.8, 4) is 5.75 Å². The van der Waals surface area contributed by atoms with E-state index in [0.717, 1.165) is 24.2 Å². The molecule has 3 rings (SSSR count). The molecule has 1 atom stereocenters. The predicted octanol–water partition coefficient (Wildman–Crippen LogP) is 4.04. The van der Waals surface area contributed by atoms with Crippen molar-refractivity contribution >= 4 is 12.2 Å². The lowest BCUT2D eigenvalue weighted by molar-refractivity contribution is 0.475. The molecule has 5 heteroatoms. The zero-order valence-electron chi connectivity index (χ0n) is 12.9. The maximum Gasteiger partial charge on any atom is 0.195 e. The van der Waals surface area contributed by atoms with Crippen molar-refractivity contribution in [3.05, 3.63) is 76.3 Å². The van der Waals surface area contributed by atoms with E-state index in [1.165, 1.54) is 5.56 Å². The topological polar surface area (TPSA) is 53.8 Å². The molecule has 0 unspecified atom stereocenters. The number of rotatable bonds is 5. The van der Waals surface area contributed by atoms with Gasteiger partial charge in [-0.3, -0.25) is 9.67 Å². The second-order valence-corrected chi connectivity index (χ2v) is 5.95. The third kappa shape index (κ3) is 3.51. The highest BCUT2D eigenvalue weighted by atomic mass is 32.1. The fourth-order valence-corrected chi connectivity index (χ4v) is 3.02. The van der Waals surface area contributed by atoms with Crippen LogP contribution in [0.15, 0.2) is 54.6 Å². The molecule has 1 heterocycles. The molecule has 0 radical (unpaired) electrons. The molecule has 3 aromatic rings. The van der Waals surface area contributed by atoms with Gasteiger partial charge in [0.05, 0.1) is 6.04 Å². The number of hydrogen-bond donors (Lipinski definition) is 2. The number of hydrogen-bond acceptors (Lipinski definition) is 3. The molecule has 4 nitrogen and oxygen atoms in total. The molecule has 1 aromatic heterocycles. The first-order chi connectivity index (χ1) is 11.1. The van der Waals surface area contributed by atoms with Gasteiger partial charge in [-0.25, -0.2) is 0 Å². The van der Waals surface area contributed by atoms with Crippen LogP contribution in [0.1, 0.15) is 29.9 Å². The molecule has 0 aliphatic heterocycles. The van der Waals surface area contributed by atoms with Crippen LogP contribution < -0.4 is 0 Å². The maximum absolute atomic E-state index is 9.35. The second kappa shape index (κ2) is 6.79. The van der Waals surface area contributed by atoms with E-state index < -0.39 is 0 Å². The Morgan fingerprint density at radius 1 is 1.09 bits per heavy atom. The van der Waals surface area contributed by atoms with E-state index in [4.69, 9.17) is 12.2 Å². The van der Waals surface area contributed by atoms with Gasteiger partial charge < -0.3 is 5.11 Å². The Hall–Kier alpha value is -2.40. The van der Waals surface area contributed by atoms with Crippen LogP contribution in [0.4, 0.5) is 0 Å². The van der Waals surface area contributed by atoms with Crippen molar-refractivity contribution in [1.29, 1.82) is 0 Å². The lowest BCUT2D eigenvalue weighted by Crippen LogP contribution is -2.11. The highest BCUT2D eigenvalue weighted by Crippen LogP contribution is 2.20. The normalized spacial score (nSPS) is 12.2. The molecule has 0 amide bonds. The molecule has 0 saturated heterocycles. The number of aromatic hydroxyl groups is 1. The Balaban J connectivity index is 1.81. The summed E-state index contributed by atoms with van der Waals surface area (Å²) in [4.78, 5) is 0.